The first-order valence-electron chi connectivity index (χ1n) is 8.21. The van der Waals surface area contributed by atoms with Gasteiger partial charge >= 0.3 is 0 Å². The standard InChI is InChI=1S/C18H22BrNO2/c19-7-3-1-2-6-17(22)14-9-13-5-4-8-20-16(12-21)11-15(10-14)18(13)20/h9-10,12,16H,1-8,11H2. The molecule has 0 N–H and O–H groups in total. The predicted molar refractivity (Wildman–Crippen MR) is 92.3 cm³/mol. The van der Waals surface area contributed by atoms with Crippen LogP contribution in [0.2, 0.25) is 0 Å². The average Bonchev–Trinajstić information content (AvgIpc) is 2.91. The molecule has 1 atom stereocenters. The highest BCUT2D eigenvalue weighted by Crippen LogP contribution is 2.39. The third kappa shape index (κ3) is 2.98. The van der Waals surface area contributed by atoms with Crippen LogP contribution >= 0.6 is 15.9 Å². The summed E-state index contributed by atoms with van der Waals surface area (Å²) in [7, 11) is 0. The minimum atomic E-state index is -0.0293. The molecule has 0 fully saturated rings. The van der Waals surface area contributed by atoms with Crippen LogP contribution in [0.4, 0.5) is 5.69 Å². The first kappa shape index (κ1) is 15.7. The van der Waals surface area contributed by atoms with Gasteiger partial charge in [0.1, 0.15) is 6.29 Å². The Morgan fingerprint density at radius 3 is 2.86 bits per heavy atom. The molecule has 3 nitrogen and oxygen atoms in total. The number of carbonyl (C=O) groups excluding carboxylic acids is 2. The van der Waals surface area contributed by atoms with Crippen LogP contribution in [-0.2, 0) is 17.6 Å². The molecule has 0 radical (unpaired) electrons. The lowest BCUT2D eigenvalue weighted by molar-refractivity contribution is -0.108. The van der Waals surface area contributed by atoms with E-state index in [1.165, 1.54) is 16.8 Å². The molecule has 0 aliphatic carbocycles. The van der Waals surface area contributed by atoms with Gasteiger partial charge in [0.15, 0.2) is 5.78 Å². The highest BCUT2D eigenvalue weighted by atomic mass is 79.9. The Balaban J connectivity index is 1.78. The molecule has 1 unspecified atom stereocenters. The van der Waals surface area contributed by atoms with Crippen molar-refractivity contribution in [2.45, 2.75) is 51.0 Å². The molecular formula is C18H22BrNO2. The average molecular weight is 364 g/mol. The van der Waals surface area contributed by atoms with Crippen LogP contribution < -0.4 is 4.90 Å². The van der Waals surface area contributed by atoms with Crippen molar-refractivity contribution >= 4 is 33.7 Å². The monoisotopic (exact) mass is 363 g/mol. The number of rotatable bonds is 7. The third-order valence-electron chi connectivity index (χ3n) is 4.75. The van der Waals surface area contributed by atoms with E-state index in [1.807, 2.05) is 6.07 Å². The maximum atomic E-state index is 12.4. The van der Waals surface area contributed by atoms with E-state index < -0.39 is 0 Å². The first-order chi connectivity index (χ1) is 10.7. The summed E-state index contributed by atoms with van der Waals surface area (Å²) in [5.41, 5.74) is 4.54. The number of alkyl halides is 1. The zero-order valence-corrected chi connectivity index (χ0v) is 14.4. The third-order valence-corrected chi connectivity index (χ3v) is 5.31. The van der Waals surface area contributed by atoms with Gasteiger partial charge in [-0.15, -0.1) is 0 Å². The van der Waals surface area contributed by atoms with Gasteiger partial charge in [0.05, 0.1) is 6.04 Å². The van der Waals surface area contributed by atoms with Gasteiger partial charge < -0.3 is 9.69 Å². The molecular weight excluding hydrogens is 342 g/mol. The second-order valence-electron chi connectivity index (χ2n) is 6.27. The number of halogens is 1. The lowest BCUT2D eigenvalue weighted by Gasteiger charge is -2.30. The lowest BCUT2D eigenvalue weighted by atomic mass is 9.94. The van der Waals surface area contributed by atoms with Gasteiger partial charge in [-0.05, 0) is 48.9 Å². The van der Waals surface area contributed by atoms with Crippen molar-refractivity contribution in [1.29, 1.82) is 0 Å². The number of ketones is 1. The summed E-state index contributed by atoms with van der Waals surface area (Å²) in [6.45, 7) is 0.962. The molecule has 3 rings (SSSR count). The number of benzene rings is 1. The maximum Gasteiger partial charge on any atom is 0.162 e. The number of nitrogens with zero attached hydrogens (tertiary/aromatic N) is 1. The molecule has 0 saturated heterocycles. The van der Waals surface area contributed by atoms with Crippen LogP contribution in [-0.4, -0.2) is 30.0 Å². The molecule has 118 valence electrons. The van der Waals surface area contributed by atoms with E-state index in [-0.39, 0.29) is 11.8 Å². The van der Waals surface area contributed by atoms with Crippen LogP contribution in [0.1, 0.15) is 53.6 Å². The number of hydrogen-bond acceptors (Lipinski definition) is 3. The van der Waals surface area contributed by atoms with E-state index in [1.54, 1.807) is 0 Å². The molecule has 22 heavy (non-hydrogen) atoms. The molecule has 1 aromatic rings. The van der Waals surface area contributed by atoms with Crippen molar-refractivity contribution in [3.05, 3.63) is 28.8 Å². The quantitative estimate of drug-likeness (QED) is 0.320. The molecule has 2 aliphatic rings. The number of aryl methyl sites for hydroxylation is 1. The summed E-state index contributed by atoms with van der Waals surface area (Å²) in [6.07, 6.45) is 7.71. The van der Waals surface area contributed by atoms with Crippen LogP contribution in [0.25, 0.3) is 0 Å². The molecule has 1 aromatic carbocycles. The lowest BCUT2D eigenvalue weighted by Crippen LogP contribution is -2.36. The van der Waals surface area contributed by atoms with Gasteiger partial charge in [-0.25, -0.2) is 0 Å². The summed E-state index contributed by atoms with van der Waals surface area (Å²) in [6, 6.07) is 4.08. The number of hydrogen-bond donors (Lipinski definition) is 0. The number of unbranched alkanes of at least 4 members (excludes halogenated alkanes) is 2. The molecule has 0 bridgehead atoms. The van der Waals surface area contributed by atoms with Crippen LogP contribution in [0.15, 0.2) is 12.1 Å². The predicted octanol–water partition coefficient (Wildman–Crippen LogP) is 3.70. The second-order valence-corrected chi connectivity index (χ2v) is 7.06. The fourth-order valence-electron chi connectivity index (χ4n) is 3.68. The highest BCUT2D eigenvalue weighted by molar-refractivity contribution is 9.09. The Hall–Kier alpha value is -1.16. The molecule has 2 aliphatic heterocycles. The normalized spacial score (nSPS) is 19.1. The summed E-state index contributed by atoms with van der Waals surface area (Å²) >= 11 is 3.42. The minimum Gasteiger partial charge on any atom is -0.361 e. The highest BCUT2D eigenvalue weighted by Gasteiger charge is 2.33. The van der Waals surface area contributed by atoms with E-state index in [9.17, 15) is 9.59 Å². The number of aldehydes is 1. The van der Waals surface area contributed by atoms with Crippen LogP contribution in [0.5, 0.6) is 0 Å². The maximum absolute atomic E-state index is 12.4. The molecule has 2 heterocycles. The topological polar surface area (TPSA) is 37.4 Å². The largest absolute Gasteiger partial charge is 0.361 e. The van der Waals surface area contributed by atoms with Crippen LogP contribution in [0.3, 0.4) is 0 Å². The Labute approximate surface area is 140 Å². The number of carbonyl (C=O) groups is 2. The van der Waals surface area contributed by atoms with Gasteiger partial charge in [0.2, 0.25) is 0 Å². The van der Waals surface area contributed by atoms with Gasteiger partial charge in [-0.3, -0.25) is 4.79 Å². The summed E-state index contributed by atoms with van der Waals surface area (Å²) in [4.78, 5) is 25.9. The van der Waals surface area contributed by atoms with Gasteiger partial charge in [0.25, 0.3) is 0 Å². The van der Waals surface area contributed by atoms with Crippen LogP contribution in [0, 0.1) is 0 Å². The Morgan fingerprint density at radius 1 is 1.27 bits per heavy atom. The molecule has 0 aromatic heterocycles. The van der Waals surface area contributed by atoms with Crippen molar-refractivity contribution in [3.8, 4) is 0 Å². The van der Waals surface area contributed by atoms with Crippen molar-refractivity contribution in [3.63, 3.8) is 0 Å². The minimum absolute atomic E-state index is 0.0293. The number of anilines is 1. The number of Topliss-reactive ketones (excluding diaryl/α,β-unsaturated/α-hetero) is 1. The van der Waals surface area contributed by atoms with E-state index in [4.69, 9.17) is 0 Å². The Morgan fingerprint density at radius 2 is 2.09 bits per heavy atom. The zero-order valence-electron chi connectivity index (χ0n) is 12.8. The fourth-order valence-corrected chi connectivity index (χ4v) is 4.07. The van der Waals surface area contributed by atoms with Crippen molar-refractivity contribution in [2.75, 3.05) is 16.8 Å². The van der Waals surface area contributed by atoms with E-state index in [0.717, 1.165) is 62.2 Å². The fraction of sp³-hybridized carbons (Fsp3) is 0.556. The zero-order chi connectivity index (χ0) is 15.5. The van der Waals surface area contributed by atoms with Gasteiger partial charge in [-0.2, -0.15) is 0 Å². The van der Waals surface area contributed by atoms with E-state index >= 15 is 0 Å². The van der Waals surface area contributed by atoms with Gasteiger partial charge in [-0.1, -0.05) is 22.4 Å². The Kier molecular flexibility index (Phi) is 4.97. The molecule has 0 saturated carbocycles. The van der Waals surface area contributed by atoms with Gasteiger partial charge in [0, 0.05) is 36.0 Å². The Bertz CT molecular complexity index is 585. The second kappa shape index (κ2) is 6.95. The summed E-state index contributed by atoms with van der Waals surface area (Å²) < 4.78 is 0. The van der Waals surface area contributed by atoms with E-state index in [2.05, 4.69) is 26.9 Å². The molecule has 0 amide bonds. The van der Waals surface area contributed by atoms with Crippen molar-refractivity contribution in [1.82, 2.24) is 0 Å². The molecule has 4 heteroatoms. The smallest absolute Gasteiger partial charge is 0.162 e. The summed E-state index contributed by atoms with van der Waals surface area (Å²) in [5, 5.41) is 1.01. The SMILES string of the molecule is O=CC1Cc2cc(C(=O)CCCCCBr)cc3c2N1CCC3. The van der Waals surface area contributed by atoms with Crippen molar-refractivity contribution in [2.24, 2.45) is 0 Å². The molecule has 0 spiro atoms. The first-order valence-corrected chi connectivity index (χ1v) is 9.33. The summed E-state index contributed by atoms with van der Waals surface area (Å²) in [5.74, 6) is 0.250. The van der Waals surface area contributed by atoms with Crippen molar-refractivity contribution < 1.29 is 9.59 Å². The van der Waals surface area contributed by atoms with E-state index in [0.29, 0.717) is 6.42 Å².